The summed E-state index contributed by atoms with van der Waals surface area (Å²) in [5.41, 5.74) is 0. The first kappa shape index (κ1) is 29.4. The zero-order valence-electron chi connectivity index (χ0n) is 6.63. The molecule has 1 amide bonds. The zero-order valence-corrected chi connectivity index (χ0v) is 7.45. The highest BCUT2D eigenvalue weighted by atomic mass is 32.2. The highest BCUT2D eigenvalue weighted by Crippen LogP contribution is 1.61. The molecule has 0 saturated heterocycles. The van der Waals surface area contributed by atoms with Crippen LogP contribution >= 0.6 is 0 Å². The van der Waals surface area contributed by atoms with E-state index in [0.717, 1.165) is 12.5 Å². The summed E-state index contributed by atoms with van der Waals surface area (Å²) in [6.07, 6.45) is 2.32. The van der Waals surface area contributed by atoms with Crippen molar-refractivity contribution in [3.05, 3.63) is 0 Å². The van der Waals surface area contributed by atoms with E-state index in [0.29, 0.717) is 0 Å². The van der Waals surface area contributed by atoms with E-state index in [1.807, 2.05) is 0 Å². The van der Waals surface area contributed by atoms with Gasteiger partial charge in [0.05, 0.1) is 0 Å². The molecule has 0 aromatic rings. The van der Waals surface area contributed by atoms with Gasteiger partial charge in [-0.15, -0.1) is 0 Å². The van der Waals surface area contributed by atoms with E-state index in [1.54, 1.807) is 7.05 Å². The van der Waals surface area contributed by atoms with Gasteiger partial charge in [0, 0.05) is 26.5 Å². The summed E-state index contributed by atoms with van der Waals surface area (Å²) in [5.74, 6) is 0.00463. The Morgan fingerprint density at radius 2 is 1.15 bits per heavy atom. The Kier molecular flexibility index (Phi) is 31.6. The number of hydrogen-bond acceptors (Lipinski definition) is 3. The number of hydrogen-bond donors (Lipinski definition) is 1. The summed E-state index contributed by atoms with van der Waals surface area (Å²) in [5, 5.41) is 2.39. The Morgan fingerprint density at radius 3 is 1.15 bits per heavy atom. The molecule has 0 heterocycles. The van der Waals surface area contributed by atoms with E-state index < -0.39 is 9.84 Å². The fourth-order valence-corrected chi connectivity index (χ4v) is 0. The van der Waals surface area contributed by atoms with Crippen molar-refractivity contribution in [1.29, 1.82) is 0 Å². The lowest BCUT2D eigenvalue weighted by Crippen LogP contribution is -2.11. The van der Waals surface area contributed by atoms with Gasteiger partial charge in [0.15, 0.2) is 0 Å². The summed E-state index contributed by atoms with van der Waals surface area (Å²) in [6, 6.07) is 0. The van der Waals surface area contributed by atoms with Crippen LogP contribution in [0.25, 0.3) is 0 Å². The van der Waals surface area contributed by atoms with Crippen molar-refractivity contribution in [3.63, 3.8) is 0 Å². The normalized spacial score (nSPS) is 7.08. The molecule has 13 heavy (non-hydrogen) atoms. The highest BCUT2D eigenvalue weighted by molar-refractivity contribution is 7.89. The van der Waals surface area contributed by atoms with Crippen molar-refractivity contribution in [1.82, 2.24) is 5.32 Å². The molecule has 0 radical (unpaired) electrons. The lowest BCUT2D eigenvalue weighted by atomic mass is 10.7. The summed E-state index contributed by atoms with van der Waals surface area (Å²) in [7, 11) is -1.07. The average molecular weight is 215 g/mol. The third-order valence-electron chi connectivity index (χ3n) is 0.352. The minimum Gasteiger partial charge on any atom is -0.359 e. The number of sulfone groups is 1. The van der Waals surface area contributed by atoms with Crippen LogP contribution in [0.3, 0.4) is 0 Å². The summed E-state index contributed by atoms with van der Waals surface area (Å²) >= 11 is 0. The van der Waals surface area contributed by atoms with E-state index in [-0.39, 0.29) is 28.2 Å². The van der Waals surface area contributed by atoms with Gasteiger partial charge in [0.2, 0.25) is 5.91 Å². The van der Waals surface area contributed by atoms with Gasteiger partial charge >= 0.3 is 0 Å². The van der Waals surface area contributed by atoms with Crippen LogP contribution in [-0.4, -0.2) is 33.9 Å². The van der Waals surface area contributed by atoms with Gasteiger partial charge in [0.1, 0.15) is 9.84 Å². The lowest BCUT2D eigenvalue weighted by molar-refractivity contribution is -0.118. The van der Waals surface area contributed by atoms with Crippen LogP contribution in [0.5, 0.6) is 0 Å². The molecule has 0 aromatic carbocycles. The average Bonchev–Trinajstić information content (AvgIpc) is 1.61. The van der Waals surface area contributed by atoms with Gasteiger partial charge in [-0.05, 0) is 0 Å². The van der Waals surface area contributed by atoms with E-state index in [9.17, 15) is 13.2 Å². The number of nitrogens with one attached hydrogen (secondary N) is 1. The smallest absolute Gasteiger partial charge is 0.216 e. The predicted octanol–water partition coefficient (Wildman–Crippen LogP) is 1.32. The van der Waals surface area contributed by atoms with Crippen LogP contribution in [0.15, 0.2) is 0 Å². The second-order valence-electron chi connectivity index (χ2n) is 1.95. The molecule has 0 aliphatic rings. The number of carbonyl (C=O) groups is 1. The molecule has 5 heteroatoms. The molecular formula is C8H25NO3S. The Labute approximate surface area is 83.7 Å². The molecular weight excluding hydrogens is 190 g/mol. The predicted molar refractivity (Wildman–Crippen MR) is 60.7 cm³/mol. The van der Waals surface area contributed by atoms with Crippen LogP contribution in [-0.2, 0) is 14.6 Å². The van der Waals surface area contributed by atoms with Crippen molar-refractivity contribution >= 4 is 15.7 Å². The fourth-order valence-electron chi connectivity index (χ4n) is 0. The molecule has 0 aliphatic carbocycles. The first-order valence-electron chi connectivity index (χ1n) is 2.60. The summed E-state index contributed by atoms with van der Waals surface area (Å²) < 4.78 is 19.3. The minimum absolute atomic E-state index is 0. The van der Waals surface area contributed by atoms with Gasteiger partial charge in [-0.2, -0.15) is 0 Å². The zero-order chi connectivity index (χ0) is 8.78. The number of carbonyl (C=O) groups excluding carboxylic acids is 1. The quantitative estimate of drug-likeness (QED) is 0.663. The van der Waals surface area contributed by atoms with Gasteiger partial charge in [-0.3, -0.25) is 4.79 Å². The van der Waals surface area contributed by atoms with E-state index in [4.69, 9.17) is 0 Å². The first-order valence-corrected chi connectivity index (χ1v) is 4.90. The summed E-state index contributed by atoms with van der Waals surface area (Å²) in [6.45, 7) is 1.47. The number of rotatable bonds is 0. The van der Waals surface area contributed by atoms with Crippen LogP contribution in [0, 0.1) is 0 Å². The molecule has 0 unspecified atom stereocenters. The Bertz CT molecular complexity index is 178. The molecule has 0 saturated carbocycles. The molecule has 0 rings (SSSR count). The van der Waals surface area contributed by atoms with Crippen molar-refractivity contribution in [2.75, 3.05) is 19.6 Å². The van der Waals surface area contributed by atoms with Crippen LogP contribution in [0.2, 0.25) is 0 Å². The monoisotopic (exact) mass is 215 g/mol. The molecule has 0 aliphatic heterocycles. The Balaban J connectivity index is -0.0000000267. The summed E-state index contributed by atoms with van der Waals surface area (Å²) in [4.78, 5) is 9.70. The van der Waals surface area contributed by atoms with E-state index in [1.165, 1.54) is 6.92 Å². The lowest BCUT2D eigenvalue weighted by Gasteiger charge is -1.80. The van der Waals surface area contributed by atoms with Gasteiger partial charge < -0.3 is 5.32 Å². The topological polar surface area (TPSA) is 63.2 Å². The molecule has 0 fully saturated rings. The maximum absolute atomic E-state index is 9.70. The highest BCUT2D eigenvalue weighted by Gasteiger charge is 1.79. The minimum atomic E-state index is -2.67. The second-order valence-corrected chi connectivity index (χ2v) is 4.24. The van der Waals surface area contributed by atoms with Gasteiger partial charge in [-0.1, -0.05) is 22.3 Å². The van der Waals surface area contributed by atoms with Crippen molar-refractivity contribution in [2.24, 2.45) is 0 Å². The van der Waals surface area contributed by atoms with Crippen molar-refractivity contribution in [2.45, 2.75) is 29.2 Å². The first-order chi connectivity index (χ1) is 4.27. The third-order valence-corrected chi connectivity index (χ3v) is 0.352. The maximum Gasteiger partial charge on any atom is 0.216 e. The molecule has 86 valence electrons. The second kappa shape index (κ2) is 14.0. The van der Waals surface area contributed by atoms with Crippen LogP contribution in [0.4, 0.5) is 0 Å². The van der Waals surface area contributed by atoms with Crippen molar-refractivity contribution < 1.29 is 13.2 Å². The third kappa shape index (κ3) is 503. The SMILES string of the molecule is C.C.C.CNC(C)=O.CS(C)(=O)=O. The van der Waals surface area contributed by atoms with Crippen LogP contribution < -0.4 is 5.32 Å². The van der Waals surface area contributed by atoms with Gasteiger partial charge in [-0.25, -0.2) is 8.42 Å². The van der Waals surface area contributed by atoms with Gasteiger partial charge in [0.25, 0.3) is 0 Å². The largest absolute Gasteiger partial charge is 0.359 e. The van der Waals surface area contributed by atoms with Crippen LogP contribution in [0.1, 0.15) is 29.2 Å². The molecule has 0 bridgehead atoms. The fraction of sp³-hybridized carbons (Fsp3) is 0.875. The van der Waals surface area contributed by atoms with Crippen molar-refractivity contribution in [3.8, 4) is 0 Å². The number of amides is 1. The standard InChI is InChI=1S/C3H7NO.C2H6O2S.3CH4/c1-3(5)4-2;1-5(2,3)4;;;/h1-2H3,(H,4,5);1-2H3;3*1H4. The van der Waals surface area contributed by atoms with E-state index >= 15 is 0 Å². The Morgan fingerprint density at radius 1 is 1.08 bits per heavy atom. The molecule has 0 spiro atoms. The van der Waals surface area contributed by atoms with E-state index in [2.05, 4.69) is 5.32 Å². The maximum atomic E-state index is 9.70. The molecule has 0 atom stereocenters. The molecule has 1 N–H and O–H groups in total. The Hall–Kier alpha value is -0.580. The molecule has 4 nitrogen and oxygen atoms in total. The molecule has 0 aromatic heterocycles.